The Morgan fingerprint density at radius 3 is 2.47 bits per heavy atom. The van der Waals surface area contributed by atoms with E-state index in [2.05, 4.69) is 4.74 Å². The monoisotopic (exact) mass is 238 g/mol. The van der Waals surface area contributed by atoms with Crippen LogP contribution >= 0.6 is 11.6 Å². The zero-order valence-electron chi connectivity index (χ0n) is 9.71. The highest BCUT2D eigenvalue weighted by Crippen LogP contribution is 2.28. The fraction of sp³-hybridized carbons (Fsp3) is 0.900. The first-order valence-electron chi connectivity index (χ1n) is 4.88. The molecule has 4 nitrogen and oxygen atoms in total. The third kappa shape index (κ3) is 5.35. The largest absolute Gasteiger partial charge is 0.469 e. The zero-order chi connectivity index (χ0) is 11.9. The molecule has 0 saturated heterocycles. The van der Waals surface area contributed by atoms with Crippen molar-refractivity contribution in [2.75, 3.05) is 20.8 Å². The van der Waals surface area contributed by atoms with Gasteiger partial charge in [-0.05, 0) is 20.3 Å². The molecule has 15 heavy (non-hydrogen) atoms. The van der Waals surface area contributed by atoms with Crippen LogP contribution in [0.2, 0.25) is 0 Å². The van der Waals surface area contributed by atoms with Crippen LogP contribution in [0, 0.1) is 0 Å². The number of carbonyl (C=O) groups is 1. The molecule has 90 valence electrons. The number of ether oxygens (including phenoxy) is 3. The minimum Gasteiger partial charge on any atom is -0.469 e. The van der Waals surface area contributed by atoms with Gasteiger partial charge in [-0.1, -0.05) is 0 Å². The third-order valence-corrected chi connectivity index (χ3v) is 2.44. The van der Waals surface area contributed by atoms with Gasteiger partial charge in [-0.2, -0.15) is 0 Å². The lowest BCUT2D eigenvalue weighted by molar-refractivity contribution is -0.148. The quantitative estimate of drug-likeness (QED) is 0.386. The third-order valence-electron chi connectivity index (χ3n) is 2.07. The molecule has 0 N–H and O–H groups in total. The second-order valence-electron chi connectivity index (χ2n) is 3.38. The van der Waals surface area contributed by atoms with Crippen LogP contribution in [0.3, 0.4) is 0 Å². The molecule has 0 aromatic carbocycles. The maximum absolute atomic E-state index is 11.0. The summed E-state index contributed by atoms with van der Waals surface area (Å²) in [6.45, 7) is 4.15. The van der Waals surface area contributed by atoms with E-state index in [1.165, 1.54) is 14.2 Å². The van der Waals surface area contributed by atoms with Crippen molar-refractivity contribution < 1.29 is 19.0 Å². The average Bonchev–Trinajstić information content (AvgIpc) is 2.22. The average molecular weight is 239 g/mol. The van der Waals surface area contributed by atoms with Gasteiger partial charge in [0.1, 0.15) is 0 Å². The molecule has 0 saturated carbocycles. The Bertz CT molecular complexity index is 194. The van der Waals surface area contributed by atoms with E-state index < -0.39 is 11.2 Å². The van der Waals surface area contributed by atoms with Crippen LogP contribution in [-0.4, -0.2) is 38.0 Å². The first-order valence-corrected chi connectivity index (χ1v) is 5.25. The molecule has 0 spiro atoms. The SMILES string of the molecule is CCOC(OC)C(C)(Cl)CCC(=O)OC. The number of methoxy groups -OCH3 is 2. The van der Waals surface area contributed by atoms with Gasteiger partial charge in [0.2, 0.25) is 0 Å². The van der Waals surface area contributed by atoms with Gasteiger partial charge in [0.15, 0.2) is 6.29 Å². The van der Waals surface area contributed by atoms with E-state index in [0.717, 1.165) is 0 Å². The lowest BCUT2D eigenvalue weighted by atomic mass is 10.0. The highest BCUT2D eigenvalue weighted by Gasteiger charge is 2.33. The lowest BCUT2D eigenvalue weighted by Gasteiger charge is -2.30. The van der Waals surface area contributed by atoms with Gasteiger partial charge in [0.05, 0.1) is 12.0 Å². The zero-order valence-corrected chi connectivity index (χ0v) is 10.5. The van der Waals surface area contributed by atoms with Crippen molar-refractivity contribution in [3.05, 3.63) is 0 Å². The molecule has 2 unspecified atom stereocenters. The Labute approximate surface area is 95.8 Å². The molecule has 0 aliphatic carbocycles. The first-order chi connectivity index (χ1) is 6.97. The molecular formula is C10H19ClO4. The summed E-state index contributed by atoms with van der Waals surface area (Å²) in [6, 6.07) is 0. The maximum Gasteiger partial charge on any atom is 0.305 e. The van der Waals surface area contributed by atoms with Gasteiger partial charge in [0, 0.05) is 20.1 Å². The Morgan fingerprint density at radius 2 is 2.07 bits per heavy atom. The summed E-state index contributed by atoms with van der Waals surface area (Å²) in [5.74, 6) is -0.284. The summed E-state index contributed by atoms with van der Waals surface area (Å²) in [7, 11) is 2.88. The van der Waals surface area contributed by atoms with Crippen LogP contribution in [0.25, 0.3) is 0 Å². The van der Waals surface area contributed by atoms with E-state index in [9.17, 15) is 4.79 Å². The predicted octanol–water partition coefficient (Wildman–Crippen LogP) is 1.95. The molecule has 2 atom stereocenters. The summed E-state index contributed by atoms with van der Waals surface area (Å²) in [6.07, 6.45) is 0.178. The molecule has 0 aliphatic rings. The Hall–Kier alpha value is -0.320. The second kappa shape index (κ2) is 7.04. The fourth-order valence-corrected chi connectivity index (χ4v) is 1.45. The maximum atomic E-state index is 11.0. The van der Waals surface area contributed by atoms with Gasteiger partial charge < -0.3 is 14.2 Å². The number of alkyl halides is 1. The predicted molar refractivity (Wildman–Crippen MR) is 57.9 cm³/mol. The van der Waals surface area contributed by atoms with Crippen LogP contribution in [0.15, 0.2) is 0 Å². The van der Waals surface area contributed by atoms with Gasteiger partial charge >= 0.3 is 5.97 Å². The van der Waals surface area contributed by atoms with Crippen LogP contribution in [0.5, 0.6) is 0 Å². The molecule has 0 fully saturated rings. The van der Waals surface area contributed by atoms with Gasteiger partial charge in [0.25, 0.3) is 0 Å². The van der Waals surface area contributed by atoms with Crippen LogP contribution in [0.4, 0.5) is 0 Å². The molecule has 0 rings (SSSR count). The fourth-order valence-electron chi connectivity index (χ4n) is 1.21. The minimum atomic E-state index is -0.723. The standard InChI is InChI=1S/C10H19ClO4/c1-5-15-9(14-4)10(2,11)7-6-8(12)13-3/h9H,5-7H2,1-4H3. The van der Waals surface area contributed by atoms with Crippen molar-refractivity contribution >= 4 is 17.6 Å². The van der Waals surface area contributed by atoms with Gasteiger partial charge in [-0.3, -0.25) is 4.79 Å². The number of carbonyl (C=O) groups excluding carboxylic acids is 1. The molecule has 0 aromatic heterocycles. The van der Waals surface area contributed by atoms with E-state index in [0.29, 0.717) is 13.0 Å². The summed E-state index contributed by atoms with van der Waals surface area (Å²) < 4.78 is 15.0. The van der Waals surface area contributed by atoms with Crippen molar-refractivity contribution in [2.24, 2.45) is 0 Å². The summed E-state index contributed by atoms with van der Waals surface area (Å²) in [5, 5.41) is 0. The highest BCUT2D eigenvalue weighted by molar-refractivity contribution is 6.24. The summed E-state index contributed by atoms with van der Waals surface area (Å²) in [4.78, 5) is 10.2. The van der Waals surface area contributed by atoms with E-state index in [-0.39, 0.29) is 12.4 Å². The topological polar surface area (TPSA) is 44.8 Å². The molecule has 0 heterocycles. The second-order valence-corrected chi connectivity index (χ2v) is 4.24. The van der Waals surface area contributed by atoms with E-state index in [4.69, 9.17) is 21.1 Å². The molecular weight excluding hydrogens is 220 g/mol. The lowest BCUT2D eigenvalue weighted by Crippen LogP contribution is -2.38. The Morgan fingerprint density at radius 1 is 1.47 bits per heavy atom. The molecule has 5 heteroatoms. The minimum absolute atomic E-state index is 0.253. The Kier molecular flexibility index (Phi) is 6.89. The van der Waals surface area contributed by atoms with Crippen molar-refractivity contribution in [3.8, 4) is 0 Å². The molecule has 0 aromatic rings. The first kappa shape index (κ1) is 14.7. The van der Waals surface area contributed by atoms with Crippen LogP contribution in [0.1, 0.15) is 26.7 Å². The molecule has 0 bridgehead atoms. The molecule has 0 aliphatic heterocycles. The molecule has 0 amide bonds. The van der Waals surface area contributed by atoms with Gasteiger partial charge in [-0.15, -0.1) is 11.6 Å². The van der Waals surface area contributed by atoms with Crippen molar-refractivity contribution in [1.29, 1.82) is 0 Å². The normalized spacial score (nSPS) is 16.9. The van der Waals surface area contributed by atoms with Crippen LogP contribution < -0.4 is 0 Å². The Balaban J connectivity index is 4.17. The van der Waals surface area contributed by atoms with Crippen molar-refractivity contribution in [2.45, 2.75) is 37.9 Å². The summed E-state index contributed by atoms with van der Waals surface area (Å²) in [5.41, 5.74) is 0. The number of hydrogen-bond acceptors (Lipinski definition) is 4. The number of halogens is 1. The van der Waals surface area contributed by atoms with E-state index in [1.54, 1.807) is 6.92 Å². The van der Waals surface area contributed by atoms with E-state index in [1.807, 2.05) is 6.92 Å². The van der Waals surface area contributed by atoms with Crippen molar-refractivity contribution in [1.82, 2.24) is 0 Å². The van der Waals surface area contributed by atoms with E-state index >= 15 is 0 Å². The summed E-state index contributed by atoms with van der Waals surface area (Å²) >= 11 is 6.22. The smallest absolute Gasteiger partial charge is 0.305 e. The molecule has 0 radical (unpaired) electrons. The number of rotatable bonds is 7. The number of hydrogen-bond donors (Lipinski definition) is 0. The van der Waals surface area contributed by atoms with Crippen LogP contribution in [-0.2, 0) is 19.0 Å². The number of esters is 1. The van der Waals surface area contributed by atoms with Crippen molar-refractivity contribution in [3.63, 3.8) is 0 Å². The highest BCUT2D eigenvalue weighted by atomic mass is 35.5. The van der Waals surface area contributed by atoms with Gasteiger partial charge in [-0.25, -0.2) is 0 Å².